The van der Waals surface area contributed by atoms with Crippen LogP contribution in [-0.2, 0) is 6.42 Å². The van der Waals surface area contributed by atoms with Gasteiger partial charge in [0.1, 0.15) is 0 Å². The summed E-state index contributed by atoms with van der Waals surface area (Å²) >= 11 is 0. The molecule has 0 saturated carbocycles. The van der Waals surface area contributed by atoms with Crippen molar-refractivity contribution in [3.8, 4) is 0 Å². The van der Waals surface area contributed by atoms with Crippen LogP contribution in [0.3, 0.4) is 0 Å². The summed E-state index contributed by atoms with van der Waals surface area (Å²) in [4.78, 5) is 0. The summed E-state index contributed by atoms with van der Waals surface area (Å²) in [6.45, 7) is 5.73. The molecule has 1 heteroatoms. The van der Waals surface area contributed by atoms with Gasteiger partial charge < -0.3 is 5.32 Å². The molecule has 2 atom stereocenters. The molecule has 0 radical (unpaired) electrons. The molecule has 0 saturated heterocycles. The van der Waals surface area contributed by atoms with E-state index in [-0.39, 0.29) is 0 Å². The van der Waals surface area contributed by atoms with Gasteiger partial charge in [-0.1, -0.05) is 70.2 Å². The topological polar surface area (TPSA) is 12.0 Å². The molecule has 1 aliphatic carbocycles. The summed E-state index contributed by atoms with van der Waals surface area (Å²) in [6, 6.07) is 9.73. The van der Waals surface area contributed by atoms with Crippen molar-refractivity contribution in [3.05, 3.63) is 35.4 Å². The van der Waals surface area contributed by atoms with Crippen LogP contribution in [0.4, 0.5) is 0 Å². The zero-order chi connectivity index (χ0) is 14.9. The summed E-state index contributed by atoms with van der Waals surface area (Å²) in [5.74, 6) is 0.811. The summed E-state index contributed by atoms with van der Waals surface area (Å²) < 4.78 is 0. The Morgan fingerprint density at radius 2 is 1.86 bits per heavy atom. The predicted octanol–water partition coefficient (Wildman–Crippen LogP) is 5.45. The third-order valence-electron chi connectivity index (χ3n) is 4.87. The second kappa shape index (κ2) is 9.25. The molecular weight excluding hydrogens is 254 g/mol. The molecular formula is C20H33N. The highest BCUT2D eigenvalue weighted by Crippen LogP contribution is 2.38. The number of fused-ring (bicyclic) bond motifs is 1. The lowest BCUT2D eigenvalue weighted by atomic mass is 9.74. The van der Waals surface area contributed by atoms with Crippen molar-refractivity contribution in [1.82, 2.24) is 5.32 Å². The average molecular weight is 287 g/mol. The molecule has 0 spiro atoms. The van der Waals surface area contributed by atoms with E-state index in [4.69, 9.17) is 0 Å². The molecule has 0 amide bonds. The molecule has 21 heavy (non-hydrogen) atoms. The fraction of sp³-hybridized carbons (Fsp3) is 0.700. The molecule has 1 aromatic carbocycles. The molecule has 2 rings (SSSR count). The summed E-state index contributed by atoms with van der Waals surface area (Å²) in [7, 11) is 0. The van der Waals surface area contributed by atoms with Crippen LogP contribution in [0.15, 0.2) is 24.3 Å². The van der Waals surface area contributed by atoms with E-state index in [1.165, 1.54) is 64.3 Å². The number of nitrogens with one attached hydrogen (secondary N) is 1. The van der Waals surface area contributed by atoms with Crippen LogP contribution in [0, 0.1) is 0 Å². The van der Waals surface area contributed by atoms with Crippen LogP contribution in [0.25, 0.3) is 0 Å². The van der Waals surface area contributed by atoms with Crippen LogP contribution < -0.4 is 5.32 Å². The first kappa shape index (κ1) is 16.5. The van der Waals surface area contributed by atoms with Crippen LogP contribution in [0.5, 0.6) is 0 Å². The van der Waals surface area contributed by atoms with Gasteiger partial charge in [0.15, 0.2) is 0 Å². The Bertz CT molecular complexity index is 399. The van der Waals surface area contributed by atoms with Gasteiger partial charge in [0, 0.05) is 6.04 Å². The lowest BCUT2D eigenvalue weighted by Gasteiger charge is -2.33. The molecule has 1 N–H and O–H groups in total. The van der Waals surface area contributed by atoms with E-state index in [1.807, 2.05) is 0 Å². The predicted molar refractivity (Wildman–Crippen MR) is 93.0 cm³/mol. The Morgan fingerprint density at radius 1 is 1.05 bits per heavy atom. The lowest BCUT2D eigenvalue weighted by molar-refractivity contribution is 0.385. The second-order valence-electron chi connectivity index (χ2n) is 6.69. The minimum atomic E-state index is 0.727. The Morgan fingerprint density at radius 3 is 2.62 bits per heavy atom. The molecule has 118 valence electrons. The fourth-order valence-electron chi connectivity index (χ4n) is 3.56. The highest BCUT2D eigenvalue weighted by atomic mass is 14.9. The quantitative estimate of drug-likeness (QED) is 0.534. The Balaban J connectivity index is 1.74. The van der Waals surface area contributed by atoms with E-state index in [2.05, 4.69) is 43.4 Å². The van der Waals surface area contributed by atoms with Gasteiger partial charge in [0.05, 0.1) is 0 Å². The van der Waals surface area contributed by atoms with Gasteiger partial charge in [-0.25, -0.2) is 0 Å². The molecule has 1 aliphatic rings. The first-order chi connectivity index (χ1) is 10.3. The fourth-order valence-corrected chi connectivity index (χ4v) is 3.56. The van der Waals surface area contributed by atoms with Crippen molar-refractivity contribution in [2.45, 2.75) is 83.6 Å². The number of unbranched alkanes of at least 4 members (excludes halogenated alkanes) is 4. The highest BCUT2D eigenvalue weighted by molar-refractivity contribution is 5.39. The zero-order valence-electron chi connectivity index (χ0n) is 14.0. The molecule has 1 nitrogen and oxygen atoms in total. The summed E-state index contributed by atoms with van der Waals surface area (Å²) in [5, 5.41) is 3.79. The van der Waals surface area contributed by atoms with E-state index in [0.29, 0.717) is 0 Å². The first-order valence-electron chi connectivity index (χ1n) is 9.16. The monoisotopic (exact) mass is 287 g/mol. The van der Waals surface area contributed by atoms with E-state index in [9.17, 15) is 0 Å². The number of hydrogen-bond donors (Lipinski definition) is 1. The van der Waals surface area contributed by atoms with Crippen LogP contribution in [0.2, 0.25) is 0 Å². The minimum Gasteiger partial charge on any atom is -0.314 e. The van der Waals surface area contributed by atoms with Crippen molar-refractivity contribution in [1.29, 1.82) is 0 Å². The highest BCUT2D eigenvalue weighted by Gasteiger charge is 2.27. The summed E-state index contributed by atoms with van der Waals surface area (Å²) in [5.41, 5.74) is 3.20. The largest absolute Gasteiger partial charge is 0.314 e. The Kier molecular flexibility index (Phi) is 7.29. The smallest absolute Gasteiger partial charge is 0.00730 e. The lowest BCUT2D eigenvalue weighted by Crippen LogP contribution is -2.33. The Hall–Kier alpha value is -0.820. The maximum absolute atomic E-state index is 3.79. The van der Waals surface area contributed by atoms with Crippen molar-refractivity contribution in [2.24, 2.45) is 0 Å². The molecule has 0 fully saturated rings. The number of hydrogen-bond acceptors (Lipinski definition) is 1. The van der Waals surface area contributed by atoms with Crippen LogP contribution >= 0.6 is 0 Å². The Labute approximate surface area is 131 Å². The first-order valence-corrected chi connectivity index (χ1v) is 9.16. The molecule has 2 unspecified atom stereocenters. The van der Waals surface area contributed by atoms with Crippen molar-refractivity contribution in [3.63, 3.8) is 0 Å². The zero-order valence-corrected chi connectivity index (χ0v) is 14.0. The molecule has 0 heterocycles. The minimum absolute atomic E-state index is 0.727. The average Bonchev–Trinajstić information content (AvgIpc) is 2.49. The van der Waals surface area contributed by atoms with Gasteiger partial charge in [-0.15, -0.1) is 0 Å². The third kappa shape index (κ3) is 5.14. The van der Waals surface area contributed by atoms with Crippen molar-refractivity contribution in [2.75, 3.05) is 6.54 Å². The molecule has 0 bridgehead atoms. The second-order valence-corrected chi connectivity index (χ2v) is 6.69. The SMILES string of the molecule is CCCCCCCC(CC1Cc2ccccc21)NCCC. The van der Waals surface area contributed by atoms with Crippen LogP contribution in [-0.4, -0.2) is 12.6 Å². The molecule has 0 aromatic heterocycles. The van der Waals surface area contributed by atoms with Gasteiger partial charge in [-0.05, 0) is 49.3 Å². The van der Waals surface area contributed by atoms with E-state index >= 15 is 0 Å². The maximum Gasteiger partial charge on any atom is 0.00730 e. The molecule has 0 aliphatic heterocycles. The van der Waals surface area contributed by atoms with Gasteiger partial charge >= 0.3 is 0 Å². The van der Waals surface area contributed by atoms with Gasteiger partial charge in [0.2, 0.25) is 0 Å². The maximum atomic E-state index is 3.79. The normalized spacial score (nSPS) is 18.1. The van der Waals surface area contributed by atoms with Crippen molar-refractivity contribution < 1.29 is 0 Å². The van der Waals surface area contributed by atoms with Gasteiger partial charge in [-0.2, -0.15) is 0 Å². The molecule has 1 aromatic rings. The number of benzene rings is 1. The number of rotatable bonds is 11. The van der Waals surface area contributed by atoms with Crippen LogP contribution in [0.1, 0.15) is 82.3 Å². The van der Waals surface area contributed by atoms with Gasteiger partial charge in [-0.3, -0.25) is 0 Å². The van der Waals surface area contributed by atoms with E-state index in [1.54, 1.807) is 11.1 Å². The van der Waals surface area contributed by atoms with Crippen molar-refractivity contribution >= 4 is 0 Å². The van der Waals surface area contributed by atoms with E-state index in [0.717, 1.165) is 12.0 Å². The van der Waals surface area contributed by atoms with E-state index < -0.39 is 0 Å². The summed E-state index contributed by atoms with van der Waals surface area (Å²) in [6.07, 6.45) is 12.2. The standard InChI is InChI=1S/C20H33N/c1-3-5-6-7-8-12-19(21-14-4-2)16-18-15-17-11-9-10-13-20(17)18/h9-11,13,18-19,21H,3-8,12,14-16H2,1-2H3. The third-order valence-corrected chi connectivity index (χ3v) is 4.87. The van der Waals surface area contributed by atoms with Gasteiger partial charge in [0.25, 0.3) is 0 Å².